The molecule has 4 aromatic carbocycles. The number of hydrogen-bond acceptors (Lipinski definition) is 2. The van der Waals surface area contributed by atoms with E-state index in [1.54, 1.807) is 0 Å². The Bertz CT molecular complexity index is 1310. The van der Waals surface area contributed by atoms with Crippen molar-refractivity contribution < 1.29 is 0 Å². The molecule has 0 amide bonds. The van der Waals surface area contributed by atoms with Gasteiger partial charge in [-0.15, -0.1) is 0 Å². The summed E-state index contributed by atoms with van der Waals surface area (Å²) in [5.74, 6) is 0. The average Bonchev–Trinajstić information content (AvgIpc) is 3.11. The quantitative estimate of drug-likeness (QED) is 0.335. The van der Waals surface area contributed by atoms with E-state index in [1.165, 1.54) is 55.8 Å². The van der Waals surface area contributed by atoms with E-state index in [1.807, 2.05) is 0 Å². The Balaban J connectivity index is 1.63. The van der Waals surface area contributed by atoms with Crippen molar-refractivity contribution in [2.45, 2.75) is 33.1 Å². The maximum absolute atomic E-state index is 2.52. The van der Waals surface area contributed by atoms with Gasteiger partial charge in [0.2, 0.25) is 0 Å². The van der Waals surface area contributed by atoms with E-state index in [4.69, 9.17) is 0 Å². The number of para-hydroxylation sites is 1. The van der Waals surface area contributed by atoms with E-state index >= 15 is 0 Å². The standard InChI is InChI=1S/C28H26N2/c1-18-14-19(2)16-21(15-18)29-17-30-24-13-12-20-8-5-6-9-22(20)26(24)28(3,4)23-10-7-11-25(29)27(23)30/h5-16H,17H2,1-4H3. The highest BCUT2D eigenvalue weighted by Gasteiger charge is 2.42. The zero-order chi connectivity index (χ0) is 20.6. The first-order chi connectivity index (χ1) is 14.4. The van der Waals surface area contributed by atoms with E-state index < -0.39 is 0 Å². The zero-order valence-electron chi connectivity index (χ0n) is 18.0. The molecule has 0 N–H and O–H groups in total. The molecule has 0 radical (unpaired) electrons. The summed E-state index contributed by atoms with van der Waals surface area (Å²) in [4.78, 5) is 4.99. The third kappa shape index (κ3) is 2.25. The molecule has 2 aliphatic heterocycles. The Morgan fingerprint density at radius 2 is 1.50 bits per heavy atom. The number of hydrogen-bond donors (Lipinski definition) is 0. The van der Waals surface area contributed by atoms with Gasteiger partial charge in [0.25, 0.3) is 0 Å². The van der Waals surface area contributed by atoms with Gasteiger partial charge in [0.1, 0.15) is 6.67 Å². The summed E-state index contributed by atoms with van der Waals surface area (Å²) < 4.78 is 0. The average molecular weight is 391 g/mol. The van der Waals surface area contributed by atoms with Crippen LogP contribution in [0.2, 0.25) is 0 Å². The SMILES string of the molecule is Cc1cc(C)cc(N2CN3c4ccc5ccccc5c4C(C)(C)c4cccc2c43)c1. The van der Waals surface area contributed by atoms with E-state index in [0.717, 1.165) is 6.67 Å². The summed E-state index contributed by atoms with van der Waals surface area (Å²) in [6, 6.07) is 27.1. The fourth-order valence-electron chi connectivity index (χ4n) is 5.63. The molecule has 30 heavy (non-hydrogen) atoms. The summed E-state index contributed by atoms with van der Waals surface area (Å²) in [6.07, 6.45) is 0. The fourth-order valence-corrected chi connectivity index (χ4v) is 5.63. The molecular formula is C28H26N2. The normalized spacial score (nSPS) is 16.0. The molecule has 0 aliphatic carbocycles. The van der Waals surface area contributed by atoms with Crippen LogP contribution in [-0.4, -0.2) is 6.67 Å². The number of nitrogens with zero attached hydrogens (tertiary/aromatic N) is 2. The highest BCUT2D eigenvalue weighted by atomic mass is 15.4. The molecule has 0 atom stereocenters. The largest absolute Gasteiger partial charge is 0.321 e. The molecule has 2 aliphatic rings. The van der Waals surface area contributed by atoms with Crippen molar-refractivity contribution in [3.8, 4) is 0 Å². The summed E-state index contributed by atoms with van der Waals surface area (Å²) >= 11 is 0. The molecular weight excluding hydrogens is 364 g/mol. The second-order valence-corrected chi connectivity index (χ2v) is 9.32. The summed E-state index contributed by atoms with van der Waals surface area (Å²) in [7, 11) is 0. The lowest BCUT2D eigenvalue weighted by Crippen LogP contribution is -2.33. The predicted octanol–water partition coefficient (Wildman–Crippen LogP) is 7.34. The van der Waals surface area contributed by atoms with Crippen molar-refractivity contribution in [3.05, 3.63) is 95.1 Å². The molecule has 0 aromatic heterocycles. The third-order valence-electron chi connectivity index (χ3n) is 6.87. The number of benzene rings is 4. The van der Waals surface area contributed by atoms with Crippen LogP contribution in [-0.2, 0) is 5.41 Å². The van der Waals surface area contributed by atoms with Gasteiger partial charge in [-0.2, -0.15) is 0 Å². The molecule has 148 valence electrons. The summed E-state index contributed by atoms with van der Waals surface area (Å²) in [6.45, 7) is 9.97. The van der Waals surface area contributed by atoms with Crippen LogP contribution >= 0.6 is 0 Å². The van der Waals surface area contributed by atoms with Crippen molar-refractivity contribution in [3.63, 3.8) is 0 Å². The minimum atomic E-state index is -0.0590. The Kier molecular flexibility index (Phi) is 3.45. The molecule has 6 rings (SSSR count). The first-order valence-electron chi connectivity index (χ1n) is 10.7. The van der Waals surface area contributed by atoms with Crippen LogP contribution in [0.4, 0.5) is 22.7 Å². The van der Waals surface area contributed by atoms with Gasteiger partial charge in [-0.05, 0) is 71.1 Å². The first kappa shape index (κ1) is 17.6. The molecule has 0 fully saturated rings. The van der Waals surface area contributed by atoms with Gasteiger partial charge in [0, 0.05) is 16.8 Å². The van der Waals surface area contributed by atoms with E-state index in [2.05, 4.69) is 110 Å². The smallest absolute Gasteiger partial charge is 0.100 e. The highest BCUT2D eigenvalue weighted by molar-refractivity contribution is 6.00. The van der Waals surface area contributed by atoms with E-state index in [-0.39, 0.29) is 5.41 Å². The Labute approximate surface area is 178 Å². The van der Waals surface area contributed by atoms with Gasteiger partial charge in [-0.25, -0.2) is 0 Å². The van der Waals surface area contributed by atoms with Crippen molar-refractivity contribution >= 4 is 33.5 Å². The van der Waals surface area contributed by atoms with E-state index in [0.29, 0.717) is 0 Å². The molecule has 2 heterocycles. The minimum Gasteiger partial charge on any atom is -0.321 e. The minimum absolute atomic E-state index is 0.0590. The lowest BCUT2D eigenvalue weighted by atomic mass is 9.72. The van der Waals surface area contributed by atoms with Crippen LogP contribution in [0.5, 0.6) is 0 Å². The molecule has 0 spiro atoms. The first-order valence-corrected chi connectivity index (χ1v) is 10.7. The van der Waals surface area contributed by atoms with E-state index in [9.17, 15) is 0 Å². The van der Waals surface area contributed by atoms with Gasteiger partial charge in [-0.1, -0.05) is 62.4 Å². The molecule has 0 saturated carbocycles. The topological polar surface area (TPSA) is 6.48 Å². The maximum atomic E-state index is 2.52. The number of aryl methyl sites for hydroxylation is 2. The number of anilines is 4. The maximum Gasteiger partial charge on any atom is 0.100 e. The third-order valence-corrected chi connectivity index (χ3v) is 6.87. The van der Waals surface area contributed by atoms with Crippen molar-refractivity contribution in [1.82, 2.24) is 0 Å². The molecule has 0 unspecified atom stereocenters. The molecule has 2 nitrogen and oxygen atoms in total. The second kappa shape index (κ2) is 5.89. The van der Waals surface area contributed by atoms with Gasteiger partial charge in [0.05, 0.1) is 11.4 Å². The second-order valence-electron chi connectivity index (χ2n) is 9.32. The molecule has 0 saturated heterocycles. The van der Waals surface area contributed by atoms with Crippen molar-refractivity contribution in [2.75, 3.05) is 16.5 Å². The fraction of sp³-hybridized carbons (Fsp3) is 0.214. The Morgan fingerprint density at radius 1 is 0.733 bits per heavy atom. The zero-order valence-corrected chi connectivity index (χ0v) is 18.0. The summed E-state index contributed by atoms with van der Waals surface area (Å²) in [5.41, 5.74) is 10.7. The summed E-state index contributed by atoms with van der Waals surface area (Å²) in [5, 5.41) is 2.68. The van der Waals surface area contributed by atoms with Crippen LogP contribution in [0.25, 0.3) is 10.8 Å². The van der Waals surface area contributed by atoms with Gasteiger partial charge < -0.3 is 9.80 Å². The van der Waals surface area contributed by atoms with Gasteiger partial charge in [-0.3, -0.25) is 0 Å². The van der Waals surface area contributed by atoms with Gasteiger partial charge in [0.15, 0.2) is 0 Å². The van der Waals surface area contributed by atoms with Crippen LogP contribution in [0.15, 0.2) is 72.8 Å². The molecule has 2 heteroatoms. The Hall–Kier alpha value is -3.26. The van der Waals surface area contributed by atoms with Crippen LogP contribution in [0.3, 0.4) is 0 Å². The van der Waals surface area contributed by atoms with Gasteiger partial charge >= 0.3 is 0 Å². The van der Waals surface area contributed by atoms with Crippen molar-refractivity contribution in [1.29, 1.82) is 0 Å². The monoisotopic (exact) mass is 390 g/mol. The number of fused-ring (bicyclic) bond motifs is 4. The lowest BCUT2D eigenvalue weighted by Gasteiger charge is -2.40. The molecule has 4 aromatic rings. The van der Waals surface area contributed by atoms with Crippen molar-refractivity contribution in [2.24, 2.45) is 0 Å². The van der Waals surface area contributed by atoms with Crippen LogP contribution < -0.4 is 9.80 Å². The Morgan fingerprint density at radius 3 is 2.30 bits per heavy atom. The molecule has 0 bridgehead atoms. The lowest BCUT2D eigenvalue weighted by molar-refractivity contribution is 0.635. The van der Waals surface area contributed by atoms with Crippen LogP contribution in [0, 0.1) is 13.8 Å². The predicted molar refractivity (Wildman–Crippen MR) is 128 cm³/mol. The highest BCUT2D eigenvalue weighted by Crippen LogP contribution is 2.57. The number of rotatable bonds is 1. The van der Waals surface area contributed by atoms with Crippen LogP contribution in [0.1, 0.15) is 36.1 Å².